The number of H-pyrrole nitrogens is 1. The summed E-state index contributed by atoms with van der Waals surface area (Å²) in [5.41, 5.74) is -2.71. The van der Waals surface area contributed by atoms with Crippen molar-refractivity contribution in [2.45, 2.75) is 19.2 Å². The minimum absolute atomic E-state index is 0.504. The molecule has 0 amide bonds. The molecule has 4 nitrogen and oxygen atoms in total. The Balaban J connectivity index is 3.40. The van der Waals surface area contributed by atoms with Crippen LogP contribution in [-0.4, -0.2) is 11.3 Å². The first kappa shape index (κ1) is 14.0. The molecule has 0 aliphatic rings. The van der Waals surface area contributed by atoms with E-state index in [1.54, 1.807) is 0 Å². The Kier molecular flexibility index (Phi) is 3.90. The number of nitrogens with one attached hydrogen (secondary N) is 1. The second-order valence-corrected chi connectivity index (χ2v) is 3.09. The van der Waals surface area contributed by atoms with E-state index in [0.717, 1.165) is 0 Å². The summed E-state index contributed by atoms with van der Waals surface area (Å²) in [7, 11) is 0. The van der Waals surface area contributed by atoms with Crippen LogP contribution in [0.3, 0.4) is 0 Å². The van der Waals surface area contributed by atoms with E-state index in [1.165, 1.54) is 11.1 Å². The molecule has 0 saturated carbocycles. The average Bonchev–Trinajstić information content (AvgIpc) is 2.13. The highest BCUT2D eigenvalue weighted by molar-refractivity contribution is 5.37. The van der Waals surface area contributed by atoms with Gasteiger partial charge in [-0.3, -0.25) is 9.78 Å². The maximum absolute atomic E-state index is 12.6. The van der Waals surface area contributed by atoms with E-state index in [9.17, 15) is 26.7 Å². The summed E-state index contributed by atoms with van der Waals surface area (Å²) in [6.07, 6.45) is -9.17. The first-order valence-electron chi connectivity index (χ1n) is 4.41. The van der Waals surface area contributed by atoms with Crippen molar-refractivity contribution in [1.82, 2.24) is 4.98 Å². The van der Waals surface area contributed by atoms with E-state index in [1.807, 2.05) is 0 Å². The molecular formula is C9H5F5N2O2. The maximum atomic E-state index is 12.6. The molecular weight excluding hydrogens is 263 g/mol. The van der Waals surface area contributed by atoms with Crippen molar-refractivity contribution in [2.75, 3.05) is 0 Å². The summed E-state index contributed by atoms with van der Waals surface area (Å²) in [6, 6.07) is 2.11. The highest BCUT2D eigenvalue weighted by atomic mass is 19.4. The van der Waals surface area contributed by atoms with Gasteiger partial charge in [0.25, 0.3) is 12.0 Å². The Morgan fingerprint density at radius 1 is 1.44 bits per heavy atom. The van der Waals surface area contributed by atoms with E-state index in [-0.39, 0.29) is 0 Å². The third-order valence-corrected chi connectivity index (χ3v) is 1.84. The van der Waals surface area contributed by atoms with Crippen LogP contribution in [0.1, 0.15) is 17.6 Å². The topological polar surface area (TPSA) is 65.9 Å². The van der Waals surface area contributed by atoms with Crippen LogP contribution in [0.25, 0.3) is 0 Å². The number of ether oxygens (including phenoxy) is 1. The minimum Gasteiger partial charge on any atom is -0.389 e. The monoisotopic (exact) mass is 268 g/mol. The molecule has 0 aliphatic carbocycles. The molecule has 0 unspecified atom stereocenters. The number of aromatic nitrogens is 1. The SMILES string of the molecule is N#CCc1cc(=O)[nH]c(OC(F)(F)F)c1C(F)F. The van der Waals surface area contributed by atoms with E-state index in [0.29, 0.717) is 6.07 Å². The fourth-order valence-electron chi connectivity index (χ4n) is 1.26. The molecule has 0 saturated heterocycles. The Morgan fingerprint density at radius 2 is 2.06 bits per heavy atom. The summed E-state index contributed by atoms with van der Waals surface area (Å²) < 4.78 is 64.5. The molecule has 1 heterocycles. The zero-order valence-electron chi connectivity index (χ0n) is 8.52. The third kappa shape index (κ3) is 3.44. The summed E-state index contributed by atoms with van der Waals surface area (Å²) in [5.74, 6) is -1.39. The van der Waals surface area contributed by atoms with E-state index >= 15 is 0 Å². The highest BCUT2D eigenvalue weighted by Gasteiger charge is 2.34. The molecule has 0 aromatic carbocycles. The molecule has 0 radical (unpaired) electrons. The second kappa shape index (κ2) is 5.03. The van der Waals surface area contributed by atoms with Crippen molar-refractivity contribution < 1.29 is 26.7 Å². The van der Waals surface area contributed by atoms with E-state index < -0.39 is 41.8 Å². The van der Waals surface area contributed by atoms with Gasteiger partial charge in [0.15, 0.2) is 0 Å². The van der Waals surface area contributed by atoms with Gasteiger partial charge in [-0.1, -0.05) is 0 Å². The van der Waals surface area contributed by atoms with Gasteiger partial charge in [0, 0.05) is 6.07 Å². The first-order chi connectivity index (χ1) is 8.24. The van der Waals surface area contributed by atoms with Gasteiger partial charge in [-0.05, 0) is 5.56 Å². The molecule has 0 fully saturated rings. The van der Waals surface area contributed by atoms with Gasteiger partial charge >= 0.3 is 6.36 Å². The van der Waals surface area contributed by atoms with Crippen molar-refractivity contribution in [3.8, 4) is 11.9 Å². The van der Waals surface area contributed by atoms with E-state index in [2.05, 4.69) is 4.74 Å². The molecule has 0 aliphatic heterocycles. The molecule has 18 heavy (non-hydrogen) atoms. The van der Waals surface area contributed by atoms with Gasteiger partial charge in [0.05, 0.1) is 18.1 Å². The maximum Gasteiger partial charge on any atom is 0.574 e. The zero-order valence-corrected chi connectivity index (χ0v) is 8.52. The highest BCUT2D eigenvalue weighted by Crippen LogP contribution is 2.32. The van der Waals surface area contributed by atoms with Crippen molar-refractivity contribution in [1.29, 1.82) is 5.26 Å². The second-order valence-electron chi connectivity index (χ2n) is 3.09. The third-order valence-electron chi connectivity index (χ3n) is 1.84. The molecule has 0 bridgehead atoms. The summed E-state index contributed by atoms with van der Waals surface area (Å²) >= 11 is 0. The van der Waals surface area contributed by atoms with Crippen molar-refractivity contribution >= 4 is 0 Å². The van der Waals surface area contributed by atoms with Crippen LogP contribution in [0.5, 0.6) is 5.88 Å². The average molecular weight is 268 g/mol. The number of hydrogen-bond donors (Lipinski definition) is 1. The molecule has 1 aromatic rings. The number of nitriles is 1. The van der Waals surface area contributed by atoms with Crippen LogP contribution in [0.4, 0.5) is 22.0 Å². The van der Waals surface area contributed by atoms with Crippen LogP contribution in [0, 0.1) is 11.3 Å². The molecule has 1 rings (SSSR count). The largest absolute Gasteiger partial charge is 0.574 e. The Labute approximate surface area is 96.6 Å². The van der Waals surface area contributed by atoms with Crippen molar-refractivity contribution in [3.05, 3.63) is 27.5 Å². The van der Waals surface area contributed by atoms with Crippen LogP contribution >= 0.6 is 0 Å². The van der Waals surface area contributed by atoms with Gasteiger partial charge in [0.1, 0.15) is 0 Å². The van der Waals surface area contributed by atoms with Gasteiger partial charge in [-0.25, -0.2) is 8.78 Å². The Morgan fingerprint density at radius 3 is 2.50 bits per heavy atom. The lowest BCUT2D eigenvalue weighted by Gasteiger charge is -2.14. The molecule has 1 aromatic heterocycles. The normalized spacial score (nSPS) is 11.4. The zero-order chi connectivity index (χ0) is 13.9. The number of halogens is 5. The Hall–Kier alpha value is -2.11. The number of pyridine rings is 1. The summed E-state index contributed by atoms with van der Waals surface area (Å²) in [4.78, 5) is 12.5. The smallest absolute Gasteiger partial charge is 0.389 e. The molecule has 9 heteroatoms. The summed E-state index contributed by atoms with van der Waals surface area (Å²) in [5, 5.41) is 8.37. The number of rotatable bonds is 3. The van der Waals surface area contributed by atoms with Crippen molar-refractivity contribution in [2.24, 2.45) is 0 Å². The lowest BCUT2D eigenvalue weighted by atomic mass is 10.1. The lowest BCUT2D eigenvalue weighted by molar-refractivity contribution is -0.276. The minimum atomic E-state index is -5.22. The van der Waals surface area contributed by atoms with Gasteiger partial charge in [0.2, 0.25) is 5.88 Å². The fourth-order valence-corrected chi connectivity index (χ4v) is 1.26. The van der Waals surface area contributed by atoms with Crippen LogP contribution < -0.4 is 10.3 Å². The van der Waals surface area contributed by atoms with Crippen molar-refractivity contribution in [3.63, 3.8) is 0 Å². The van der Waals surface area contributed by atoms with Crippen LogP contribution in [-0.2, 0) is 6.42 Å². The molecule has 0 spiro atoms. The number of aromatic amines is 1. The first-order valence-corrected chi connectivity index (χ1v) is 4.41. The summed E-state index contributed by atoms with van der Waals surface area (Å²) in [6.45, 7) is 0. The van der Waals surface area contributed by atoms with E-state index in [4.69, 9.17) is 5.26 Å². The number of hydrogen-bond acceptors (Lipinski definition) is 3. The molecule has 1 N–H and O–H groups in total. The van der Waals surface area contributed by atoms with Crippen LogP contribution in [0.2, 0.25) is 0 Å². The van der Waals surface area contributed by atoms with Crippen LogP contribution in [0.15, 0.2) is 10.9 Å². The standard InChI is InChI=1S/C9H5F5N2O2/c10-7(11)6-4(1-2-15)3-5(17)16-8(6)18-9(12,13)14/h3,7H,1H2,(H,16,17). The van der Waals surface area contributed by atoms with Gasteiger partial charge in [-0.2, -0.15) is 5.26 Å². The Bertz CT molecular complexity index is 529. The fraction of sp³-hybridized carbons (Fsp3) is 0.333. The number of alkyl halides is 5. The molecule has 0 atom stereocenters. The lowest BCUT2D eigenvalue weighted by Crippen LogP contribution is -2.22. The van der Waals surface area contributed by atoms with Gasteiger partial charge in [-0.15, -0.1) is 13.2 Å². The predicted molar refractivity (Wildman–Crippen MR) is 48.0 cm³/mol. The van der Waals surface area contributed by atoms with Gasteiger partial charge < -0.3 is 4.74 Å². The number of nitrogens with zero attached hydrogens (tertiary/aromatic N) is 1. The predicted octanol–water partition coefficient (Wildman–Crippen LogP) is 2.28. The quantitative estimate of drug-likeness (QED) is 0.855. The molecule has 98 valence electrons.